The third-order valence-corrected chi connectivity index (χ3v) is 5.39. The highest BCUT2D eigenvalue weighted by atomic mass is 32.1. The van der Waals surface area contributed by atoms with Crippen LogP contribution < -0.4 is 0 Å². The number of hydrogen-bond donors (Lipinski definition) is 1. The number of carbonyl (C=O) groups is 2. The number of carbonyl (C=O) groups excluding carboxylic acids is 1. The van der Waals surface area contributed by atoms with Gasteiger partial charge in [-0.1, -0.05) is 6.92 Å². The van der Waals surface area contributed by atoms with Crippen LogP contribution >= 0.6 is 11.3 Å². The first-order chi connectivity index (χ1) is 10.0. The van der Waals surface area contributed by atoms with Crippen molar-refractivity contribution in [1.29, 1.82) is 0 Å². The Balaban J connectivity index is 1.74. The standard InChI is InChI=1S/C15H19NO4S/c1-9-2-3-12-10(6-9)7-13(21-12)14(17)16-4-5-20-11(8-16)15(18)19/h7,9,11H,2-6,8H2,1H3,(H,18,19)/t9-,11+/m1/s1. The third kappa shape index (κ3) is 2.96. The van der Waals surface area contributed by atoms with Crippen LogP contribution in [-0.2, 0) is 22.4 Å². The number of ether oxygens (including phenoxy) is 1. The molecule has 1 aliphatic heterocycles. The van der Waals surface area contributed by atoms with Crippen molar-refractivity contribution in [2.24, 2.45) is 5.92 Å². The maximum atomic E-state index is 12.6. The van der Waals surface area contributed by atoms with Crippen molar-refractivity contribution in [3.05, 3.63) is 21.4 Å². The van der Waals surface area contributed by atoms with Gasteiger partial charge in [-0.2, -0.15) is 0 Å². The number of aryl methyl sites for hydroxylation is 1. The van der Waals surface area contributed by atoms with E-state index >= 15 is 0 Å². The lowest BCUT2D eigenvalue weighted by Crippen LogP contribution is -2.48. The summed E-state index contributed by atoms with van der Waals surface area (Å²) in [5.41, 5.74) is 1.30. The van der Waals surface area contributed by atoms with E-state index in [1.165, 1.54) is 16.9 Å². The highest BCUT2D eigenvalue weighted by molar-refractivity contribution is 7.14. The van der Waals surface area contributed by atoms with Gasteiger partial charge in [0.2, 0.25) is 0 Å². The van der Waals surface area contributed by atoms with Gasteiger partial charge in [-0.3, -0.25) is 4.79 Å². The monoisotopic (exact) mass is 309 g/mol. The van der Waals surface area contributed by atoms with Crippen molar-refractivity contribution in [2.45, 2.75) is 32.3 Å². The van der Waals surface area contributed by atoms with E-state index in [-0.39, 0.29) is 19.1 Å². The normalized spacial score (nSPS) is 25.5. The minimum atomic E-state index is -1.01. The number of rotatable bonds is 2. The van der Waals surface area contributed by atoms with E-state index < -0.39 is 12.1 Å². The molecular weight excluding hydrogens is 290 g/mol. The van der Waals surface area contributed by atoms with Crippen molar-refractivity contribution < 1.29 is 19.4 Å². The van der Waals surface area contributed by atoms with Gasteiger partial charge in [0.05, 0.1) is 18.0 Å². The summed E-state index contributed by atoms with van der Waals surface area (Å²) >= 11 is 1.57. The number of morpholine rings is 1. The largest absolute Gasteiger partial charge is 0.479 e. The second-order valence-corrected chi connectivity index (χ2v) is 6.99. The summed E-state index contributed by atoms with van der Waals surface area (Å²) in [6, 6.07) is 2.00. The topological polar surface area (TPSA) is 66.8 Å². The molecule has 2 heterocycles. The van der Waals surface area contributed by atoms with E-state index in [0.717, 1.165) is 17.7 Å². The van der Waals surface area contributed by atoms with Gasteiger partial charge in [0.25, 0.3) is 5.91 Å². The maximum absolute atomic E-state index is 12.6. The molecule has 1 amide bonds. The second-order valence-electron chi connectivity index (χ2n) is 5.86. The Morgan fingerprint density at radius 2 is 2.29 bits per heavy atom. The average Bonchev–Trinajstić information content (AvgIpc) is 2.89. The van der Waals surface area contributed by atoms with E-state index in [9.17, 15) is 9.59 Å². The van der Waals surface area contributed by atoms with Gasteiger partial charge >= 0.3 is 5.97 Å². The van der Waals surface area contributed by atoms with Crippen molar-refractivity contribution >= 4 is 23.2 Å². The summed E-state index contributed by atoms with van der Waals surface area (Å²) in [7, 11) is 0. The highest BCUT2D eigenvalue weighted by Crippen LogP contribution is 2.32. The quantitative estimate of drug-likeness (QED) is 0.904. The molecule has 1 aromatic rings. The molecular formula is C15H19NO4S. The van der Waals surface area contributed by atoms with Crippen molar-refractivity contribution in [2.75, 3.05) is 19.7 Å². The molecule has 114 valence electrons. The molecule has 1 aliphatic carbocycles. The van der Waals surface area contributed by atoms with Crippen LogP contribution in [-0.4, -0.2) is 47.7 Å². The average molecular weight is 309 g/mol. The Hall–Kier alpha value is -1.40. The zero-order valence-electron chi connectivity index (χ0n) is 12.0. The van der Waals surface area contributed by atoms with Crippen LogP contribution in [0, 0.1) is 5.92 Å². The second kappa shape index (κ2) is 5.77. The Morgan fingerprint density at radius 1 is 1.48 bits per heavy atom. The van der Waals surface area contributed by atoms with Gasteiger partial charge in [0.1, 0.15) is 0 Å². The first-order valence-electron chi connectivity index (χ1n) is 7.30. The van der Waals surface area contributed by atoms with Gasteiger partial charge in [0, 0.05) is 11.4 Å². The predicted octanol–water partition coefficient (Wildman–Crippen LogP) is 1.80. The number of aliphatic carboxylic acids is 1. The smallest absolute Gasteiger partial charge is 0.334 e. The zero-order valence-corrected chi connectivity index (χ0v) is 12.8. The van der Waals surface area contributed by atoms with Crippen LogP contribution in [0.15, 0.2) is 6.07 Å². The summed E-state index contributed by atoms with van der Waals surface area (Å²) in [6.07, 6.45) is 2.37. The molecule has 2 atom stereocenters. The molecule has 0 radical (unpaired) electrons. The zero-order chi connectivity index (χ0) is 15.0. The molecule has 6 heteroatoms. The number of thiophene rings is 1. The molecule has 0 aromatic carbocycles. The molecule has 0 unspecified atom stereocenters. The molecule has 0 saturated carbocycles. The fourth-order valence-corrected chi connectivity index (χ4v) is 4.13. The molecule has 1 aromatic heterocycles. The van der Waals surface area contributed by atoms with Crippen molar-refractivity contribution in [3.8, 4) is 0 Å². The summed E-state index contributed by atoms with van der Waals surface area (Å²) in [4.78, 5) is 27.2. The minimum absolute atomic E-state index is 0.0587. The molecule has 1 fully saturated rings. The van der Waals surface area contributed by atoms with E-state index in [1.54, 1.807) is 16.2 Å². The summed E-state index contributed by atoms with van der Waals surface area (Å²) in [6.45, 7) is 3.11. The number of carboxylic acids is 1. The van der Waals surface area contributed by atoms with Gasteiger partial charge in [-0.05, 0) is 36.8 Å². The minimum Gasteiger partial charge on any atom is -0.479 e. The fourth-order valence-electron chi connectivity index (χ4n) is 2.95. The Morgan fingerprint density at radius 3 is 3.05 bits per heavy atom. The molecule has 1 saturated heterocycles. The fraction of sp³-hybridized carbons (Fsp3) is 0.600. The SMILES string of the molecule is C[C@@H]1CCc2sc(C(=O)N3CCO[C@H](C(=O)O)C3)cc2C1. The van der Waals surface area contributed by atoms with Crippen LogP contribution in [0.1, 0.15) is 33.5 Å². The first-order valence-corrected chi connectivity index (χ1v) is 8.11. The number of amides is 1. The van der Waals surface area contributed by atoms with Gasteiger partial charge < -0.3 is 14.7 Å². The maximum Gasteiger partial charge on any atom is 0.334 e. The van der Waals surface area contributed by atoms with Crippen molar-refractivity contribution in [3.63, 3.8) is 0 Å². The Labute approximate surface area is 127 Å². The lowest BCUT2D eigenvalue weighted by atomic mass is 9.90. The van der Waals surface area contributed by atoms with Gasteiger partial charge in [-0.25, -0.2) is 4.79 Å². The summed E-state index contributed by atoms with van der Waals surface area (Å²) in [5, 5.41) is 9.01. The summed E-state index contributed by atoms with van der Waals surface area (Å²) < 4.78 is 5.16. The molecule has 0 bridgehead atoms. The molecule has 2 aliphatic rings. The van der Waals surface area contributed by atoms with Gasteiger partial charge in [0.15, 0.2) is 6.10 Å². The van der Waals surface area contributed by atoms with Gasteiger partial charge in [-0.15, -0.1) is 11.3 Å². The third-order valence-electron chi connectivity index (χ3n) is 4.17. The first kappa shape index (κ1) is 14.5. The Bertz CT molecular complexity index is 568. The molecule has 5 nitrogen and oxygen atoms in total. The van der Waals surface area contributed by atoms with Crippen molar-refractivity contribution in [1.82, 2.24) is 4.90 Å². The Kier molecular flexibility index (Phi) is 3.99. The van der Waals surface area contributed by atoms with E-state index in [4.69, 9.17) is 9.84 Å². The lowest BCUT2D eigenvalue weighted by Gasteiger charge is -2.30. The lowest BCUT2D eigenvalue weighted by molar-refractivity contribution is -0.154. The van der Waals surface area contributed by atoms with Crippen LogP contribution in [0.5, 0.6) is 0 Å². The summed E-state index contributed by atoms with van der Waals surface area (Å²) in [5.74, 6) is -0.391. The number of hydrogen-bond acceptors (Lipinski definition) is 4. The number of fused-ring (bicyclic) bond motifs is 1. The number of carboxylic acid groups (broad SMARTS) is 1. The number of nitrogens with zero attached hydrogens (tertiary/aromatic N) is 1. The van der Waals surface area contributed by atoms with E-state index in [0.29, 0.717) is 12.5 Å². The van der Waals surface area contributed by atoms with Crippen LogP contribution in [0.4, 0.5) is 0 Å². The van der Waals surface area contributed by atoms with Crippen LogP contribution in [0.3, 0.4) is 0 Å². The van der Waals surface area contributed by atoms with E-state index in [1.807, 2.05) is 6.07 Å². The predicted molar refractivity (Wildman–Crippen MR) is 78.8 cm³/mol. The molecule has 21 heavy (non-hydrogen) atoms. The molecule has 3 rings (SSSR count). The molecule has 1 N–H and O–H groups in total. The van der Waals surface area contributed by atoms with E-state index in [2.05, 4.69) is 6.92 Å². The van der Waals surface area contributed by atoms with Crippen LogP contribution in [0.2, 0.25) is 0 Å². The molecule has 0 spiro atoms. The van der Waals surface area contributed by atoms with Crippen LogP contribution in [0.25, 0.3) is 0 Å². The highest BCUT2D eigenvalue weighted by Gasteiger charge is 2.31.